The number of amides is 3. The fourth-order valence-corrected chi connectivity index (χ4v) is 3.04. The lowest BCUT2D eigenvalue weighted by Crippen LogP contribution is -2.62. The Bertz CT molecular complexity index is 743. The molecular formula is C20H28ClN3O4. The highest BCUT2D eigenvalue weighted by Crippen LogP contribution is 2.28. The number of rotatable bonds is 3. The van der Waals surface area contributed by atoms with Crippen molar-refractivity contribution in [2.24, 2.45) is 0 Å². The number of halogens is 1. The molecule has 2 atom stereocenters. The lowest BCUT2D eigenvalue weighted by molar-refractivity contribution is -0.0579. The first kappa shape index (κ1) is 22.0. The fraction of sp³-hybridized carbons (Fsp3) is 0.500. The first-order chi connectivity index (χ1) is 13.0. The number of hydrogen-bond acceptors (Lipinski definition) is 4. The molecule has 28 heavy (non-hydrogen) atoms. The fourth-order valence-electron chi connectivity index (χ4n) is 2.91. The van der Waals surface area contributed by atoms with E-state index in [1.165, 1.54) is 10.0 Å². The number of nitrogens with one attached hydrogen (secondary N) is 1. The van der Waals surface area contributed by atoms with E-state index >= 15 is 0 Å². The van der Waals surface area contributed by atoms with Crippen LogP contribution in [0.5, 0.6) is 0 Å². The van der Waals surface area contributed by atoms with E-state index in [2.05, 4.69) is 5.32 Å². The van der Waals surface area contributed by atoms with E-state index in [-0.39, 0.29) is 19.1 Å². The standard InChI is InChI=1S/C20H28ClN3O4/c1-13-12-17(10-11-25)24(19(27)28-20(3,4)5)23(14(13)2)18(26)22-16-8-6-15(21)7-9-16/h6-9,12,14,17,25H,10-11H2,1-5H3,(H,22,26)/t14-,17+/m0/s1. The number of urea groups is 1. The maximum atomic E-state index is 13.1. The van der Waals surface area contributed by atoms with Crippen LogP contribution in [0.25, 0.3) is 0 Å². The van der Waals surface area contributed by atoms with Gasteiger partial charge in [-0.1, -0.05) is 23.3 Å². The Morgan fingerprint density at radius 2 is 1.82 bits per heavy atom. The summed E-state index contributed by atoms with van der Waals surface area (Å²) in [5, 5.41) is 15.4. The topological polar surface area (TPSA) is 82.1 Å². The van der Waals surface area contributed by atoms with Gasteiger partial charge in [0.2, 0.25) is 0 Å². The molecule has 0 saturated carbocycles. The van der Waals surface area contributed by atoms with Crippen molar-refractivity contribution in [1.82, 2.24) is 10.0 Å². The molecule has 8 heteroatoms. The summed E-state index contributed by atoms with van der Waals surface area (Å²) in [4.78, 5) is 26.0. The van der Waals surface area contributed by atoms with Crippen LogP contribution in [0.4, 0.5) is 15.3 Å². The Morgan fingerprint density at radius 3 is 2.36 bits per heavy atom. The van der Waals surface area contributed by atoms with Gasteiger partial charge in [-0.05, 0) is 65.3 Å². The first-order valence-electron chi connectivity index (χ1n) is 9.20. The highest BCUT2D eigenvalue weighted by Gasteiger charge is 2.41. The van der Waals surface area contributed by atoms with Gasteiger partial charge in [0, 0.05) is 17.3 Å². The number of hydrazine groups is 1. The van der Waals surface area contributed by atoms with E-state index in [0.29, 0.717) is 10.7 Å². The second-order valence-corrected chi connectivity index (χ2v) is 8.21. The zero-order chi connectivity index (χ0) is 21.1. The lowest BCUT2D eigenvalue weighted by Gasteiger charge is -2.46. The van der Waals surface area contributed by atoms with Crippen LogP contribution in [0.15, 0.2) is 35.9 Å². The molecule has 0 saturated heterocycles. The number of carbonyl (C=O) groups is 2. The molecule has 0 unspecified atom stereocenters. The molecule has 0 fully saturated rings. The lowest BCUT2D eigenvalue weighted by atomic mass is 10.0. The summed E-state index contributed by atoms with van der Waals surface area (Å²) in [7, 11) is 0. The van der Waals surface area contributed by atoms with E-state index in [0.717, 1.165) is 5.57 Å². The van der Waals surface area contributed by atoms with E-state index < -0.39 is 23.8 Å². The van der Waals surface area contributed by atoms with Gasteiger partial charge in [0.25, 0.3) is 0 Å². The average molecular weight is 410 g/mol. The zero-order valence-corrected chi connectivity index (χ0v) is 17.7. The molecule has 7 nitrogen and oxygen atoms in total. The number of carbonyl (C=O) groups excluding carboxylic acids is 2. The molecule has 154 valence electrons. The minimum Gasteiger partial charge on any atom is -0.442 e. The Hall–Kier alpha value is -2.25. The smallest absolute Gasteiger partial charge is 0.430 e. The summed E-state index contributed by atoms with van der Waals surface area (Å²) in [6, 6.07) is 5.36. The quantitative estimate of drug-likeness (QED) is 0.723. The average Bonchev–Trinajstić information content (AvgIpc) is 2.58. The van der Waals surface area contributed by atoms with Gasteiger partial charge in [0.05, 0.1) is 12.1 Å². The van der Waals surface area contributed by atoms with Crippen molar-refractivity contribution >= 4 is 29.4 Å². The van der Waals surface area contributed by atoms with Crippen molar-refractivity contribution < 1.29 is 19.4 Å². The molecule has 1 heterocycles. The number of anilines is 1. The molecule has 1 aliphatic heterocycles. The molecule has 0 aliphatic carbocycles. The van der Waals surface area contributed by atoms with Crippen LogP contribution >= 0.6 is 11.6 Å². The molecule has 0 spiro atoms. The summed E-state index contributed by atoms with van der Waals surface area (Å²) >= 11 is 5.90. The molecule has 0 radical (unpaired) electrons. The van der Waals surface area contributed by atoms with Crippen LogP contribution in [0.2, 0.25) is 5.02 Å². The largest absolute Gasteiger partial charge is 0.442 e. The minimum absolute atomic E-state index is 0.130. The predicted molar refractivity (Wildman–Crippen MR) is 109 cm³/mol. The van der Waals surface area contributed by atoms with Crippen LogP contribution in [0, 0.1) is 0 Å². The molecule has 0 bridgehead atoms. The number of aliphatic hydroxyl groups excluding tert-OH is 1. The maximum Gasteiger partial charge on any atom is 0.430 e. The highest BCUT2D eigenvalue weighted by molar-refractivity contribution is 6.30. The number of benzene rings is 1. The Balaban J connectivity index is 2.36. The van der Waals surface area contributed by atoms with Crippen LogP contribution < -0.4 is 5.32 Å². The molecule has 2 rings (SSSR count). The monoisotopic (exact) mass is 409 g/mol. The third-order valence-corrected chi connectivity index (χ3v) is 4.59. The Labute approximate surface area is 170 Å². The van der Waals surface area contributed by atoms with Crippen LogP contribution in [-0.4, -0.2) is 51.5 Å². The molecule has 2 N–H and O–H groups in total. The van der Waals surface area contributed by atoms with E-state index in [1.54, 1.807) is 45.0 Å². The molecule has 1 aliphatic rings. The van der Waals surface area contributed by atoms with Crippen molar-refractivity contribution in [2.45, 2.75) is 58.7 Å². The SMILES string of the molecule is CC1=C[C@@H](CCO)N(C(=O)OC(C)(C)C)N(C(=O)Nc2ccc(Cl)cc2)[C@H]1C. The second kappa shape index (κ2) is 8.84. The van der Waals surface area contributed by atoms with Gasteiger partial charge in [-0.25, -0.2) is 19.6 Å². The number of hydrogen-bond donors (Lipinski definition) is 2. The number of aliphatic hydroxyl groups is 1. The van der Waals surface area contributed by atoms with Crippen molar-refractivity contribution in [3.05, 3.63) is 40.9 Å². The summed E-state index contributed by atoms with van der Waals surface area (Å²) in [5.41, 5.74) is 0.750. The highest BCUT2D eigenvalue weighted by atomic mass is 35.5. The summed E-state index contributed by atoms with van der Waals surface area (Å²) in [6.07, 6.45) is 1.53. The van der Waals surface area contributed by atoms with Crippen molar-refractivity contribution in [3.63, 3.8) is 0 Å². The zero-order valence-electron chi connectivity index (χ0n) is 16.9. The van der Waals surface area contributed by atoms with Crippen LogP contribution in [0.3, 0.4) is 0 Å². The number of nitrogens with zero attached hydrogens (tertiary/aromatic N) is 2. The third-order valence-electron chi connectivity index (χ3n) is 4.34. The van der Waals surface area contributed by atoms with Gasteiger partial charge >= 0.3 is 12.1 Å². The molecule has 3 amide bonds. The van der Waals surface area contributed by atoms with Gasteiger partial charge in [-0.2, -0.15) is 0 Å². The summed E-state index contributed by atoms with van der Waals surface area (Å²) in [6.45, 7) is 8.88. The number of ether oxygens (including phenoxy) is 1. The van der Waals surface area contributed by atoms with Crippen molar-refractivity contribution in [3.8, 4) is 0 Å². The van der Waals surface area contributed by atoms with Gasteiger partial charge < -0.3 is 15.2 Å². The normalized spacial score (nSPS) is 19.9. The van der Waals surface area contributed by atoms with Gasteiger partial charge in [0.1, 0.15) is 5.60 Å². The molecule has 1 aromatic carbocycles. The minimum atomic E-state index is -0.724. The summed E-state index contributed by atoms with van der Waals surface area (Å²) in [5.74, 6) is 0. The van der Waals surface area contributed by atoms with Gasteiger partial charge in [-0.15, -0.1) is 0 Å². The predicted octanol–water partition coefficient (Wildman–Crippen LogP) is 4.43. The maximum absolute atomic E-state index is 13.1. The van der Waals surface area contributed by atoms with Crippen LogP contribution in [-0.2, 0) is 4.74 Å². The van der Waals surface area contributed by atoms with E-state index in [1.807, 2.05) is 19.9 Å². The molecule has 0 aromatic heterocycles. The first-order valence-corrected chi connectivity index (χ1v) is 9.58. The molecule has 1 aromatic rings. The Morgan fingerprint density at radius 1 is 1.21 bits per heavy atom. The molecular weight excluding hydrogens is 382 g/mol. The van der Waals surface area contributed by atoms with Crippen molar-refractivity contribution in [2.75, 3.05) is 11.9 Å². The third kappa shape index (κ3) is 5.39. The Kier molecular flexibility index (Phi) is 6.96. The van der Waals surface area contributed by atoms with E-state index in [4.69, 9.17) is 16.3 Å². The van der Waals surface area contributed by atoms with Crippen molar-refractivity contribution in [1.29, 1.82) is 0 Å². The van der Waals surface area contributed by atoms with Gasteiger partial charge in [0.15, 0.2) is 0 Å². The van der Waals surface area contributed by atoms with E-state index in [9.17, 15) is 14.7 Å². The second-order valence-electron chi connectivity index (χ2n) is 7.77. The summed E-state index contributed by atoms with van der Waals surface area (Å²) < 4.78 is 5.52. The van der Waals surface area contributed by atoms with Gasteiger partial charge in [-0.3, -0.25) is 0 Å². The van der Waals surface area contributed by atoms with Crippen LogP contribution in [0.1, 0.15) is 41.0 Å².